The van der Waals surface area contributed by atoms with Crippen LogP contribution < -0.4 is 0 Å². The van der Waals surface area contributed by atoms with Gasteiger partial charge < -0.3 is 5.11 Å². The Morgan fingerprint density at radius 3 is 2.29 bits per heavy atom. The average molecular weight is 270 g/mol. The highest BCUT2D eigenvalue weighted by molar-refractivity contribution is 8.01. The van der Waals surface area contributed by atoms with Crippen molar-refractivity contribution in [1.82, 2.24) is 0 Å². The van der Waals surface area contributed by atoms with E-state index in [0.29, 0.717) is 6.42 Å². The molecule has 2 nitrogen and oxygen atoms in total. The van der Waals surface area contributed by atoms with Gasteiger partial charge in [-0.3, -0.25) is 4.79 Å². The highest BCUT2D eigenvalue weighted by Gasteiger charge is 2.27. The van der Waals surface area contributed by atoms with Gasteiger partial charge in [0.2, 0.25) is 0 Å². The first-order valence-electron chi connectivity index (χ1n) is 5.35. The van der Waals surface area contributed by atoms with E-state index < -0.39 is 11.4 Å². The number of carboxylic acid groups (broad SMARTS) is 1. The van der Waals surface area contributed by atoms with Crippen molar-refractivity contribution in [3.8, 4) is 0 Å². The number of carboxylic acids is 1. The first-order chi connectivity index (χ1) is 7.90. The zero-order valence-corrected chi connectivity index (χ0v) is 12.2. The van der Waals surface area contributed by atoms with E-state index in [2.05, 4.69) is 18.4 Å². The number of rotatable bonds is 5. The van der Waals surface area contributed by atoms with Crippen molar-refractivity contribution in [2.45, 2.75) is 30.1 Å². The maximum absolute atomic E-state index is 11.1. The van der Waals surface area contributed by atoms with Crippen LogP contribution >= 0.6 is 23.5 Å². The molecule has 4 heteroatoms. The van der Waals surface area contributed by atoms with E-state index in [1.54, 1.807) is 37.4 Å². The topological polar surface area (TPSA) is 37.3 Å². The molecule has 1 N–H and O–H groups in total. The maximum Gasteiger partial charge on any atom is 0.309 e. The summed E-state index contributed by atoms with van der Waals surface area (Å²) in [5, 5.41) is 9.12. The number of thioether (sulfide) groups is 2. The number of benzene rings is 1. The van der Waals surface area contributed by atoms with Gasteiger partial charge in [0.25, 0.3) is 0 Å². The Labute approximate surface area is 111 Å². The molecule has 17 heavy (non-hydrogen) atoms. The second kappa shape index (κ2) is 5.83. The Morgan fingerprint density at radius 2 is 1.82 bits per heavy atom. The lowest BCUT2D eigenvalue weighted by molar-refractivity contribution is -0.146. The summed E-state index contributed by atoms with van der Waals surface area (Å²) in [5.41, 5.74) is 0.371. The lowest BCUT2D eigenvalue weighted by atomic mass is 9.86. The third kappa shape index (κ3) is 3.68. The molecule has 1 aromatic rings. The largest absolute Gasteiger partial charge is 0.481 e. The predicted octanol–water partition coefficient (Wildman–Crippen LogP) is 3.78. The molecule has 1 aromatic carbocycles. The minimum absolute atomic E-state index is 0.560. The summed E-state index contributed by atoms with van der Waals surface area (Å²) in [6.07, 6.45) is 4.65. The van der Waals surface area contributed by atoms with Crippen LogP contribution in [0.5, 0.6) is 0 Å². The molecular weight excluding hydrogens is 252 g/mol. The van der Waals surface area contributed by atoms with Gasteiger partial charge in [-0.1, -0.05) is 6.07 Å². The first-order valence-corrected chi connectivity index (χ1v) is 7.80. The number of aliphatic carboxylic acids is 1. The van der Waals surface area contributed by atoms with E-state index in [-0.39, 0.29) is 0 Å². The van der Waals surface area contributed by atoms with Crippen molar-refractivity contribution in [3.63, 3.8) is 0 Å². The molecule has 0 unspecified atom stereocenters. The van der Waals surface area contributed by atoms with Crippen molar-refractivity contribution < 1.29 is 9.90 Å². The standard InChI is InChI=1S/C13H18O2S2/c1-13(2,12(14)15)8-9-5-6-10(16-3)11(7-9)17-4/h5-7H,8H2,1-4H3,(H,14,15). The monoisotopic (exact) mass is 270 g/mol. The van der Waals surface area contributed by atoms with Crippen molar-refractivity contribution in [2.75, 3.05) is 12.5 Å². The van der Waals surface area contributed by atoms with Crippen LogP contribution in [0.2, 0.25) is 0 Å². The molecule has 0 saturated carbocycles. The molecule has 0 aromatic heterocycles. The molecule has 1 rings (SSSR count). The highest BCUT2D eigenvalue weighted by atomic mass is 32.2. The van der Waals surface area contributed by atoms with E-state index >= 15 is 0 Å². The smallest absolute Gasteiger partial charge is 0.309 e. The first kappa shape index (κ1) is 14.5. The third-order valence-electron chi connectivity index (χ3n) is 2.67. The summed E-state index contributed by atoms with van der Waals surface area (Å²) in [5.74, 6) is -0.753. The van der Waals surface area contributed by atoms with Gasteiger partial charge >= 0.3 is 5.97 Å². The van der Waals surface area contributed by atoms with E-state index in [0.717, 1.165) is 5.56 Å². The van der Waals surface area contributed by atoms with Crippen LogP contribution in [0.15, 0.2) is 28.0 Å². The van der Waals surface area contributed by atoms with Crippen LogP contribution in [-0.4, -0.2) is 23.6 Å². The molecule has 0 aliphatic rings. The Kier molecular flexibility index (Phi) is 4.95. The van der Waals surface area contributed by atoms with E-state index in [4.69, 9.17) is 5.11 Å². The predicted molar refractivity (Wildman–Crippen MR) is 75.1 cm³/mol. The van der Waals surface area contributed by atoms with E-state index in [1.807, 2.05) is 12.3 Å². The average Bonchev–Trinajstić information content (AvgIpc) is 2.28. The molecule has 0 fully saturated rings. The number of carbonyl (C=O) groups is 1. The summed E-state index contributed by atoms with van der Waals surface area (Å²) < 4.78 is 0. The summed E-state index contributed by atoms with van der Waals surface area (Å²) >= 11 is 3.42. The van der Waals surface area contributed by atoms with E-state index in [1.165, 1.54) is 9.79 Å². The van der Waals surface area contributed by atoms with Gasteiger partial charge in [-0.25, -0.2) is 0 Å². The minimum atomic E-state index is -0.753. The summed E-state index contributed by atoms with van der Waals surface area (Å²) in [7, 11) is 0. The fraction of sp³-hybridized carbons (Fsp3) is 0.462. The molecule has 0 bridgehead atoms. The van der Waals surface area contributed by atoms with Crippen molar-refractivity contribution in [3.05, 3.63) is 23.8 Å². The zero-order valence-electron chi connectivity index (χ0n) is 10.6. The fourth-order valence-corrected chi connectivity index (χ4v) is 3.08. The fourth-order valence-electron chi connectivity index (χ4n) is 1.58. The van der Waals surface area contributed by atoms with Gasteiger partial charge in [0.1, 0.15) is 0 Å². The maximum atomic E-state index is 11.1. The molecule has 0 atom stereocenters. The van der Waals surface area contributed by atoms with Gasteiger partial charge in [-0.05, 0) is 50.5 Å². The van der Waals surface area contributed by atoms with Gasteiger partial charge in [-0.15, -0.1) is 23.5 Å². The Hall–Kier alpha value is -0.610. The van der Waals surface area contributed by atoms with Crippen LogP contribution in [0.25, 0.3) is 0 Å². The van der Waals surface area contributed by atoms with Crippen molar-refractivity contribution in [1.29, 1.82) is 0 Å². The molecule has 0 aliphatic carbocycles. The molecule has 0 saturated heterocycles. The van der Waals surface area contributed by atoms with Crippen molar-refractivity contribution in [2.24, 2.45) is 5.41 Å². The third-order valence-corrected chi connectivity index (χ3v) is 4.38. The molecule has 0 amide bonds. The number of hydrogen-bond donors (Lipinski definition) is 1. The highest BCUT2D eigenvalue weighted by Crippen LogP contribution is 2.31. The molecule has 94 valence electrons. The normalized spacial score (nSPS) is 11.5. The Bertz CT molecular complexity index is 414. The molecular formula is C13H18O2S2. The second-order valence-corrected chi connectivity index (χ2v) is 6.25. The molecule has 0 heterocycles. The van der Waals surface area contributed by atoms with Crippen LogP contribution in [0.4, 0.5) is 0 Å². The van der Waals surface area contributed by atoms with Crippen LogP contribution in [0.3, 0.4) is 0 Å². The lowest BCUT2D eigenvalue weighted by Crippen LogP contribution is -2.26. The second-order valence-electron chi connectivity index (χ2n) is 4.56. The van der Waals surface area contributed by atoms with Crippen LogP contribution in [0.1, 0.15) is 19.4 Å². The van der Waals surface area contributed by atoms with Gasteiger partial charge in [0.05, 0.1) is 5.41 Å². The van der Waals surface area contributed by atoms with Gasteiger partial charge in [0.15, 0.2) is 0 Å². The SMILES string of the molecule is CSc1ccc(CC(C)(C)C(=O)O)cc1SC. The van der Waals surface area contributed by atoms with Crippen LogP contribution in [0, 0.1) is 5.41 Å². The zero-order chi connectivity index (χ0) is 13.1. The minimum Gasteiger partial charge on any atom is -0.481 e. The molecule has 0 aliphatic heterocycles. The van der Waals surface area contributed by atoms with Crippen LogP contribution in [-0.2, 0) is 11.2 Å². The van der Waals surface area contributed by atoms with Gasteiger partial charge in [0, 0.05) is 9.79 Å². The Balaban J connectivity index is 2.97. The Morgan fingerprint density at radius 1 is 1.24 bits per heavy atom. The van der Waals surface area contributed by atoms with E-state index in [9.17, 15) is 4.79 Å². The summed E-state index contributed by atoms with van der Waals surface area (Å²) in [6.45, 7) is 3.52. The summed E-state index contributed by atoms with van der Waals surface area (Å²) in [4.78, 5) is 13.6. The number of hydrogen-bond acceptors (Lipinski definition) is 3. The molecule has 0 radical (unpaired) electrons. The van der Waals surface area contributed by atoms with Crippen molar-refractivity contribution >= 4 is 29.5 Å². The van der Waals surface area contributed by atoms with Gasteiger partial charge in [-0.2, -0.15) is 0 Å². The molecule has 0 spiro atoms. The lowest BCUT2D eigenvalue weighted by Gasteiger charge is -2.19. The summed E-state index contributed by atoms with van der Waals surface area (Å²) in [6, 6.07) is 6.20. The quantitative estimate of drug-likeness (QED) is 0.826.